The van der Waals surface area contributed by atoms with Crippen LogP contribution in [0.15, 0.2) is 11.6 Å². The molecule has 0 amide bonds. The second-order valence-corrected chi connectivity index (χ2v) is 6.12. The fraction of sp³-hybridized carbons (Fsp3) is 0.867. The molecule has 2 saturated carbocycles. The van der Waals surface area contributed by atoms with E-state index in [9.17, 15) is 0 Å². The van der Waals surface area contributed by atoms with Crippen molar-refractivity contribution in [2.75, 3.05) is 6.54 Å². The monoisotopic (exact) mass is 219 g/mol. The van der Waals surface area contributed by atoms with Crippen LogP contribution in [0, 0.1) is 5.41 Å². The summed E-state index contributed by atoms with van der Waals surface area (Å²) < 4.78 is 0. The maximum absolute atomic E-state index is 3.80. The average molecular weight is 219 g/mol. The third kappa shape index (κ3) is 2.20. The number of allylic oxidation sites excluding steroid dienone is 1. The molecule has 0 radical (unpaired) electrons. The Bertz CT molecular complexity index is 269. The maximum atomic E-state index is 3.80. The van der Waals surface area contributed by atoms with Crippen LogP contribution in [-0.4, -0.2) is 12.6 Å². The summed E-state index contributed by atoms with van der Waals surface area (Å²) in [6, 6.07) is 0.877. The number of rotatable bonds is 4. The van der Waals surface area contributed by atoms with Crippen molar-refractivity contribution in [3.8, 4) is 0 Å². The van der Waals surface area contributed by atoms with Gasteiger partial charge in [0.25, 0.3) is 0 Å². The van der Waals surface area contributed by atoms with E-state index in [-0.39, 0.29) is 0 Å². The summed E-state index contributed by atoms with van der Waals surface area (Å²) in [5, 5.41) is 3.80. The smallest absolute Gasteiger partial charge is 0.00685 e. The number of hydrogen-bond donors (Lipinski definition) is 1. The van der Waals surface area contributed by atoms with Gasteiger partial charge in [-0.2, -0.15) is 0 Å². The summed E-state index contributed by atoms with van der Waals surface area (Å²) in [4.78, 5) is 0. The molecule has 0 aliphatic heterocycles. The van der Waals surface area contributed by atoms with Gasteiger partial charge in [0.2, 0.25) is 0 Å². The van der Waals surface area contributed by atoms with Crippen molar-refractivity contribution in [3.05, 3.63) is 11.6 Å². The molecule has 2 fully saturated rings. The third-order valence-electron chi connectivity index (χ3n) is 4.84. The fourth-order valence-electron chi connectivity index (χ4n) is 3.61. The van der Waals surface area contributed by atoms with E-state index in [0.29, 0.717) is 5.41 Å². The van der Waals surface area contributed by atoms with Crippen LogP contribution in [0.4, 0.5) is 0 Å². The Labute approximate surface area is 99.7 Å². The first kappa shape index (κ1) is 10.8. The van der Waals surface area contributed by atoms with Gasteiger partial charge in [0.15, 0.2) is 0 Å². The lowest BCUT2D eigenvalue weighted by Crippen LogP contribution is -2.35. The predicted octanol–water partition coefficient (Wildman–Crippen LogP) is 3.80. The summed E-state index contributed by atoms with van der Waals surface area (Å²) in [6.45, 7) is 1.28. The van der Waals surface area contributed by atoms with Crippen LogP contribution in [0.3, 0.4) is 0 Å². The predicted molar refractivity (Wildman–Crippen MR) is 68.5 cm³/mol. The van der Waals surface area contributed by atoms with Crippen molar-refractivity contribution >= 4 is 0 Å². The van der Waals surface area contributed by atoms with E-state index in [4.69, 9.17) is 0 Å². The minimum absolute atomic E-state index is 0.586. The van der Waals surface area contributed by atoms with Crippen LogP contribution in [0.1, 0.15) is 64.2 Å². The van der Waals surface area contributed by atoms with Gasteiger partial charge in [-0.3, -0.25) is 0 Å². The Balaban J connectivity index is 1.69. The summed E-state index contributed by atoms with van der Waals surface area (Å²) >= 11 is 0. The van der Waals surface area contributed by atoms with E-state index in [1.54, 1.807) is 0 Å². The topological polar surface area (TPSA) is 12.0 Å². The molecular weight excluding hydrogens is 194 g/mol. The van der Waals surface area contributed by atoms with Crippen LogP contribution in [0.2, 0.25) is 0 Å². The normalized spacial score (nSPS) is 29.1. The summed E-state index contributed by atoms with van der Waals surface area (Å²) in [7, 11) is 0. The quantitative estimate of drug-likeness (QED) is 0.709. The number of nitrogens with one attached hydrogen (secondary N) is 1. The Kier molecular flexibility index (Phi) is 3.06. The van der Waals surface area contributed by atoms with Gasteiger partial charge in [0, 0.05) is 18.0 Å². The fourth-order valence-corrected chi connectivity index (χ4v) is 3.61. The van der Waals surface area contributed by atoms with Crippen molar-refractivity contribution in [1.29, 1.82) is 0 Å². The molecule has 0 saturated heterocycles. The molecule has 0 heterocycles. The Morgan fingerprint density at radius 2 is 1.94 bits per heavy atom. The van der Waals surface area contributed by atoms with Crippen LogP contribution in [0.5, 0.6) is 0 Å². The molecule has 16 heavy (non-hydrogen) atoms. The highest BCUT2D eigenvalue weighted by atomic mass is 15.0. The van der Waals surface area contributed by atoms with E-state index < -0.39 is 0 Å². The Hall–Kier alpha value is -0.300. The minimum Gasteiger partial charge on any atom is -0.313 e. The molecule has 1 heteroatoms. The van der Waals surface area contributed by atoms with Crippen LogP contribution < -0.4 is 5.32 Å². The standard InChI is InChI=1S/C15H25N/c1-2-6-13(7-3-1)15(10-4-5-11-15)12-16-14-8-9-14/h6,14,16H,1-5,7-12H2. The second-order valence-electron chi connectivity index (χ2n) is 6.12. The lowest BCUT2D eigenvalue weighted by Gasteiger charge is -2.34. The SMILES string of the molecule is C1=C(C2(CNC3CC3)CCCC2)CCCC1. The molecule has 0 unspecified atom stereocenters. The molecule has 3 aliphatic carbocycles. The molecule has 0 aromatic rings. The van der Waals surface area contributed by atoms with Gasteiger partial charge in [-0.1, -0.05) is 24.5 Å². The van der Waals surface area contributed by atoms with Gasteiger partial charge < -0.3 is 5.32 Å². The highest BCUT2D eigenvalue weighted by Gasteiger charge is 2.38. The lowest BCUT2D eigenvalue weighted by molar-refractivity contribution is 0.323. The van der Waals surface area contributed by atoms with E-state index >= 15 is 0 Å². The van der Waals surface area contributed by atoms with Gasteiger partial charge in [-0.15, -0.1) is 0 Å². The zero-order valence-corrected chi connectivity index (χ0v) is 10.4. The maximum Gasteiger partial charge on any atom is 0.00685 e. The highest BCUT2D eigenvalue weighted by Crippen LogP contribution is 2.47. The molecule has 0 atom stereocenters. The Morgan fingerprint density at radius 1 is 1.12 bits per heavy atom. The molecule has 1 nitrogen and oxygen atoms in total. The third-order valence-corrected chi connectivity index (χ3v) is 4.84. The van der Waals surface area contributed by atoms with Crippen molar-refractivity contribution in [1.82, 2.24) is 5.32 Å². The Morgan fingerprint density at radius 3 is 2.56 bits per heavy atom. The molecule has 0 aromatic carbocycles. The molecule has 0 aromatic heterocycles. The first-order valence-corrected chi connectivity index (χ1v) is 7.32. The van der Waals surface area contributed by atoms with Crippen LogP contribution in [-0.2, 0) is 0 Å². The summed E-state index contributed by atoms with van der Waals surface area (Å²) in [6.07, 6.45) is 16.9. The average Bonchev–Trinajstić information content (AvgIpc) is 3.06. The van der Waals surface area contributed by atoms with Crippen LogP contribution >= 0.6 is 0 Å². The van der Waals surface area contributed by atoms with Gasteiger partial charge in [0.1, 0.15) is 0 Å². The minimum atomic E-state index is 0.586. The first-order valence-electron chi connectivity index (χ1n) is 7.32. The summed E-state index contributed by atoms with van der Waals surface area (Å²) in [5.41, 5.74) is 2.41. The van der Waals surface area contributed by atoms with Gasteiger partial charge in [-0.05, 0) is 51.4 Å². The highest BCUT2D eigenvalue weighted by molar-refractivity contribution is 5.19. The van der Waals surface area contributed by atoms with E-state index in [1.165, 1.54) is 70.8 Å². The second kappa shape index (κ2) is 4.52. The van der Waals surface area contributed by atoms with E-state index in [0.717, 1.165) is 6.04 Å². The van der Waals surface area contributed by atoms with Gasteiger partial charge >= 0.3 is 0 Å². The molecule has 3 aliphatic rings. The largest absolute Gasteiger partial charge is 0.313 e. The molecular formula is C15H25N. The lowest BCUT2D eigenvalue weighted by atomic mass is 9.74. The van der Waals surface area contributed by atoms with Crippen molar-refractivity contribution < 1.29 is 0 Å². The summed E-state index contributed by atoms with van der Waals surface area (Å²) in [5.74, 6) is 0. The van der Waals surface area contributed by atoms with E-state index in [1.807, 2.05) is 5.57 Å². The molecule has 1 N–H and O–H groups in total. The van der Waals surface area contributed by atoms with Gasteiger partial charge in [0.05, 0.1) is 0 Å². The van der Waals surface area contributed by atoms with Gasteiger partial charge in [-0.25, -0.2) is 0 Å². The van der Waals surface area contributed by atoms with E-state index in [2.05, 4.69) is 11.4 Å². The molecule has 3 rings (SSSR count). The zero-order valence-electron chi connectivity index (χ0n) is 10.4. The zero-order chi connectivity index (χ0) is 10.8. The van der Waals surface area contributed by atoms with Crippen molar-refractivity contribution in [3.63, 3.8) is 0 Å². The molecule has 0 spiro atoms. The number of hydrogen-bond acceptors (Lipinski definition) is 1. The molecule has 90 valence electrons. The molecule has 0 bridgehead atoms. The van der Waals surface area contributed by atoms with Crippen molar-refractivity contribution in [2.45, 2.75) is 70.3 Å². The van der Waals surface area contributed by atoms with Crippen molar-refractivity contribution in [2.24, 2.45) is 5.41 Å². The first-order chi connectivity index (χ1) is 7.89. The van der Waals surface area contributed by atoms with Crippen LogP contribution in [0.25, 0.3) is 0 Å².